The third-order valence-corrected chi connectivity index (χ3v) is 7.28. The third-order valence-electron chi connectivity index (χ3n) is 7.03. The Morgan fingerprint density at radius 2 is 1.86 bits per heavy atom. The molecule has 3 heterocycles. The first-order chi connectivity index (χ1) is 20.4. The summed E-state index contributed by atoms with van der Waals surface area (Å²) in [5.74, 6) is -0.840. The molecule has 0 bridgehead atoms. The monoisotopic (exact) mass is 604 g/mol. The molecule has 0 radical (unpaired) electrons. The Morgan fingerprint density at radius 1 is 1.12 bits per heavy atom. The number of ether oxygens (including phenoxy) is 1. The minimum absolute atomic E-state index is 0.102. The Morgan fingerprint density at radius 3 is 2.49 bits per heavy atom. The van der Waals surface area contributed by atoms with Gasteiger partial charge in [0.25, 0.3) is 0 Å². The second-order valence-electron chi connectivity index (χ2n) is 11.4. The van der Waals surface area contributed by atoms with Gasteiger partial charge in [0.2, 0.25) is 11.8 Å². The normalized spacial score (nSPS) is 18.7. The lowest BCUT2D eigenvalue weighted by Crippen LogP contribution is -2.55. The lowest BCUT2D eigenvalue weighted by molar-refractivity contribution is -0.123. The van der Waals surface area contributed by atoms with Gasteiger partial charge in [0.1, 0.15) is 29.8 Å². The van der Waals surface area contributed by atoms with E-state index in [1.807, 2.05) is 45.0 Å². The van der Waals surface area contributed by atoms with Crippen LogP contribution in [0.5, 0.6) is 5.75 Å². The van der Waals surface area contributed by atoms with Crippen LogP contribution in [-0.2, 0) is 9.59 Å². The van der Waals surface area contributed by atoms with Gasteiger partial charge in [-0.15, -0.1) is 0 Å². The summed E-state index contributed by atoms with van der Waals surface area (Å²) in [6.45, 7) is 6.12. The number of Topliss-reactive ketones (excluding diaryl/α,β-unsaturated/α-hetero) is 1. The van der Waals surface area contributed by atoms with Crippen molar-refractivity contribution in [2.24, 2.45) is 10.7 Å². The smallest absolute Gasteiger partial charge is 0.326 e. The number of aromatic nitrogens is 1. The van der Waals surface area contributed by atoms with Crippen molar-refractivity contribution in [3.8, 4) is 5.75 Å². The lowest BCUT2D eigenvalue weighted by atomic mass is 9.97. The van der Waals surface area contributed by atoms with Crippen molar-refractivity contribution in [1.29, 1.82) is 0 Å². The average molecular weight is 605 g/mol. The number of aromatic amines is 1. The molecule has 43 heavy (non-hydrogen) atoms. The number of nitrogens with two attached hydrogens (primary N) is 1. The molecule has 4 N–H and O–H groups in total. The fourth-order valence-corrected chi connectivity index (χ4v) is 5.34. The third kappa shape index (κ3) is 6.56. The zero-order valence-electron chi connectivity index (χ0n) is 24.1. The van der Waals surface area contributed by atoms with Crippen LogP contribution in [0.2, 0.25) is 5.02 Å². The van der Waals surface area contributed by atoms with Gasteiger partial charge in [-0.1, -0.05) is 29.8 Å². The van der Waals surface area contributed by atoms with Crippen molar-refractivity contribution in [2.45, 2.75) is 44.9 Å². The molecule has 1 saturated heterocycles. The Kier molecular flexibility index (Phi) is 8.27. The second kappa shape index (κ2) is 11.9. The lowest BCUT2D eigenvalue weighted by Gasteiger charge is -2.36. The first-order valence-electron chi connectivity index (χ1n) is 13.9. The molecule has 5 rings (SSSR count). The zero-order chi connectivity index (χ0) is 30.9. The van der Waals surface area contributed by atoms with Crippen LogP contribution in [0.15, 0.2) is 65.8 Å². The maximum atomic E-state index is 14.4. The van der Waals surface area contributed by atoms with E-state index in [0.717, 1.165) is 11.3 Å². The molecule has 1 aromatic heterocycles. The number of carbonyl (C=O) groups is 4. The van der Waals surface area contributed by atoms with E-state index in [-0.39, 0.29) is 18.0 Å². The number of ketones is 1. The highest BCUT2D eigenvalue weighted by Crippen LogP contribution is 2.45. The number of carbonyl (C=O) groups excluding carboxylic acids is 4. The summed E-state index contributed by atoms with van der Waals surface area (Å²) in [5, 5.41) is 3.30. The Hall–Kier alpha value is -4.64. The Bertz CT molecular complexity index is 1580. The van der Waals surface area contributed by atoms with E-state index in [0.29, 0.717) is 35.3 Å². The van der Waals surface area contributed by atoms with Crippen molar-refractivity contribution in [3.63, 3.8) is 0 Å². The quantitative estimate of drug-likeness (QED) is 0.275. The molecule has 0 saturated carbocycles. The number of nitrogens with one attached hydrogen (secondary N) is 2. The van der Waals surface area contributed by atoms with Gasteiger partial charge in [-0.2, -0.15) is 0 Å². The average Bonchev–Trinajstić information content (AvgIpc) is 3.60. The number of aliphatic imine (C=N–C) groups is 1. The molecule has 12 heteroatoms. The van der Waals surface area contributed by atoms with Gasteiger partial charge in [-0.25, -0.2) is 4.79 Å². The highest BCUT2D eigenvalue weighted by atomic mass is 35.5. The van der Waals surface area contributed by atoms with Crippen LogP contribution in [0.4, 0.5) is 4.79 Å². The minimum Gasteiger partial charge on any atom is -0.487 e. The molecule has 224 valence electrons. The molecule has 2 aliphatic heterocycles. The largest absolute Gasteiger partial charge is 0.487 e. The predicted molar refractivity (Wildman–Crippen MR) is 161 cm³/mol. The zero-order valence-corrected chi connectivity index (χ0v) is 24.9. The van der Waals surface area contributed by atoms with Crippen LogP contribution in [0.3, 0.4) is 0 Å². The summed E-state index contributed by atoms with van der Waals surface area (Å²) in [6, 6.07) is 14.2. The van der Waals surface area contributed by atoms with Crippen LogP contribution >= 0.6 is 11.6 Å². The standard InChI is InChI=1S/C31H33ClN6O5/c1-31(2,3)43-24-15-19(23(39)16-25(33)40)8-11-21(24)29-36-27(22-5-4-12-34-22)28(18-6-9-20(32)10-7-18)38(29)30(42)37-14-13-35-26(41)17-37/h4-12,15,27-28,34H,13-14,16-17H2,1-3H3,(H2,33,40)(H,35,41)/t27-,28+/m0/s1. The molecule has 1 fully saturated rings. The van der Waals surface area contributed by atoms with E-state index in [4.69, 9.17) is 27.1 Å². The van der Waals surface area contributed by atoms with Crippen molar-refractivity contribution in [2.75, 3.05) is 19.6 Å². The van der Waals surface area contributed by atoms with Gasteiger partial charge in [0.15, 0.2) is 5.78 Å². The SMILES string of the molecule is CC(C)(C)Oc1cc(C(=O)CC(N)=O)ccc1C1=N[C@@H](c2ccc[nH]2)[C@@H](c2ccc(Cl)cc2)N1C(=O)N1CCNC(=O)C1. The summed E-state index contributed by atoms with van der Waals surface area (Å²) < 4.78 is 6.32. The number of benzene rings is 2. The van der Waals surface area contributed by atoms with Crippen LogP contribution < -0.4 is 15.8 Å². The number of urea groups is 1. The van der Waals surface area contributed by atoms with Gasteiger partial charge in [0, 0.05) is 35.6 Å². The summed E-state index contributed by atoms with van der Waals surface area (Å²) >= 11 is 6.23. The first kappa shape index (κ1) is 29.8. The van der Waals surface area contributed by atoms with Gasteiger partial charge in [-0.05, 0) is 62.7 Å². The van der Waals surface area contributed by atoms with Crippen LogP contribution in [0, 0.1) is 0 Å². The van der Waals surface area contributed by atoms with E-state index in [1.165, 1.54) is 4.90 Å². The number of amidine groups is 1. The molecule has 11 nitrogen and oxygen atoms in total. The number of hydrogen-bond donors (Lipinski definition) is 3. The molecule has 4 amide bonds. The highest BCUT2D eigenvalue weighted by Gasteiger charge is 2.45. The van der Waals surface area contributed by atoms with E-state index in [2.05, 4.69) is 10.3 Å². The Labute approximate surface area is 254 Å². The number of piperazine rings is 1. The predicted octanol–water partition coefficient (Wildman–Crippen LogP) is 4.00. The summed E-state index contributed by atoms with van der Waals surface area (Å²) in [6.07, 6.45) is 1.33. The van der Waals surface area contributed by atoms with E-state index in [9.17, 15) is 19.2 Å². The van der Waals surface area contributed by atoms with Crippen LogP contribution in [0.1, 0.15) is 66.5 Å². The molecule has 2 atom stereocenters. The van der Waals surface area contributed by atoms with Gasteiger partial charge < -0.3 is 25.7 Å². The summed E-state index contributed by atoms with van der Waals surface area (Å²) in [5.41, 5.74) is 6.85. The number of rotatable bonds is 7. The van der Waals surface area contributed by atoms with Crippen LogP contribution in [-0.4, -0.2) is 69.5 Å². The molecule has 0 unspecified atom stereocenters. The number of nitrogens with zero attached hydrogens (tertiary/aromatic N) is 3. The molecule has 0 spiro atoms. The molecule has 2 aromatic carbocycles. The Balaban J connectivity index is 1.69. The van der Waals surface area contributed by atoms with Crippen molar-refractivity contribution in [1.82, 2.24) is 20.1 Å². The summed E-state index contributed by atoms with van der Waals surface area (Å²) in [4.78, 5) is 62.4. The maximum Gasteiger partial charge on any atom is 0.326 e. The maximum absolute atomic E-state index is 14.4. The van der Waals surface area contributed by atoms with Crippen molar-refractivity contribution in [3.05, 3.63) is 88.2 Å². The number of hydrogen-bond acceptors (Lipinski definition) is 6. The molecule has 0 aliphatic carbocycles. The molecule has 2 aliphatic rings. The topological polar surface area (TPSA) is 150 Å². The number of amides is 4. The fourth-order valence-electron chi connectivity index (χ4n) is 5.21. The van der Waals surface area contributed by atoms with E-state index < -0.39 is 41.8 Å². The van der Waals surface area contributed by atoms with Crippen molar-refractivity contribution < 1.29 is 23.9 Å². The second-order valence-corrected chi connectivity index (χ2v) is 11.9. The molecular weight excluding hydrogens is 572 g/mol. The molecule has 3 aromatic rings. The van der Waals surface area contributed by atoms with Gasteiger partial charge in [-0.3, -0.25) is 24.3 Å². The fraction of sp³-hybridized carbons (Fsp3) is 0.323. The van der Waals surface area contributed by atoms with E-state index >= 15 is 0 Å². The number of halogens is 1. The van der Waals surface area contributed by atoms with Gasteiger partial charge >= 0.3 is 6.03 Å². The highest BCUT2D eigenvalue weighted by molar-refractivity contribution is 6.30. The number of H-pyrrole nitrogens is 1. The molecular formula is C31H33ClN6O5. The number of primary amides is 1. The summed E-state index contributed by atoms with van der Waals surface area (Å²) in [7, 11) is 0. The van der Waals surface area contributed by atoms with E-state index in [1.54, 1.807) is 41.4 Å². The van der Waals surface area contributed by atoms with Crippen molar-refractivity contribution >= 4 is 41.1 Å². The van der Waals surface area contributed by atoms with Gasteiger partial charge in [0.05, 0.1) is 18.0 Å². The first-order valence-corrected chi connectivity index (χ1v) is 14.3. The van der Waals surface area contributed by atoms with Crippen LogP contribution in [0.25, 0.3) is 0 Å². The minimum atomic E-state index is -0.741.